The summed E-state index contributed by atoms with van der Waals surface area (Å²) in [4.78, 5) is 0. The van der Waals surface area contributed by atoms with Crippen LogP contribution in [0.15, 0.2) is 12.1 Å². The van der Waals surface area contributed by atoms with Gasteiger partial charge in [-0.2, -0.15) is 11.8 Å². The molecule has 1 heterocycles. The van der Waals surface area contributed by atoms with E-state index in [1.54, 1.807) is 6.07 Å². The zero-order chi connectivity index (χ0) is 14.0. The zero-order valence-electron chi connectivity index (χ0n) is 11.7. The smallest absolute Gasteiger partial charge is 0.146 e. The molecule has 19 heavy (non-hydrogen) atoms. The van der Waals surface area contributed by atoms with Crippen molar-refractivity contribution in [2.45, 2.75) is 44.2 Å². The molecule has 4 heteroatoms. The first-order valence-electron chi connectivity index (χ1n) is 6.88. The van der Waals surface area contributed by atoms with E-state index in [0.717, 1.165) is 29.8 Å². The van der Waals surface area contributed by atoms with E-state index in [-0.39, 0.29) is 16.9 Å². The monoisotopic (exact) mass is 301 g/mol. The Bertz CT molecular complexity index is 450. The fraction of sp³-hybridized carbons (Fsp3) is 0.600. The summed E-state index contributed by atoms with van der Waals surface area (Å²) in [5, 5.41) is 4.29. The van der Waals surface area contributed by atoms with E-state index >= 15 is 0 Å². The van der Waals surface area contributed by atoms with Crippen LogP contribution >= 0.6 is 23.4 Å². The average Bonchev–Trinajstić information content (AvgIpc) is 2.39. The molecule has 2 rings (SSSR count). The van der Waals surface area contributed by atoms with Crippen LogP contribution in [0.1, 0.15) is 44.4 Å². The summed E-state index contributed by atoms with van der Waals surface area (Å²) in [5.41, 5.74) is 1.87. The highest BCUT2D eigenvalue weighted by molar-refractivity contribution is 7.99. The lowest BCUT2D eigenvalue weighted by atomic mass is 9.92. The molecule has 0 aliphatic carbocycles. The summed E-state index contributed by atoms with van der Waals surface area (Å²) in [6.45, 7) is 7.57. The summed E-state index contributed by atoms with van der Waals surface area (Å²) < 4.78 is 14.1. The zero-order valence-corrected chi connectivity index (χ0v) is 13.2. The maximum Gasteiger partial charge on any atom is 0.146 e. The Hall–Kier alpha value is -0.250. The van der Waals surface area contributed by atoms with Gasteiger partial charge in [0.1, 0.15) is 5.82 Å². The molecule has 1 N–H and O–H groups in total. The van der Waals surface area contributed by atoms with Crippen molar-refractivity contribution in [2.24, 2.45) is 5.92 Å². The molecule has 0 fully saturated rings. The average molecular weight is 302 g/mol. The summed E-state index contributed by atoms with van der Waals surface area (Å²) in [6.07, 6.45) is 1.08. The van der Waals surface area contributed by atoms with Gasteiger partial charge in [0, 0.05) is 22.6 Å². The van der Waals surface area contributed by atoms with E-state index in [2.05, 4.69) is 26.1 Å². The van der Waals surface area contributed by atoms with E-state index < -0.39 is 0 Å². The van der Waals surface area contributed by atoms with Gasteiger partial charge in [0.15, 0.2) is 0 Å². The molecule has 1 aromatic carbocycles. The van der Waals surface area contributed by atoms with Crippen LogP contribution in [0.3, 0.4) is 0 Å². The third-order valence-corrected chi connectivity index (χ3v) is 5.54. The number of fused-ring (bicyclic) bond motifs is 1. The molecule has 0 saturated carbocycles. The summed E-state index contributed by atoms with van der Waals surface area (Å²) in [5.74, 6) is 1.04. The van der Waals surface area contributed by atoms with Crippen LogP contribution in [0.2, 0.25) is 5.02 Å². The Morgan fingerprint density at radius 2 is 2.21 bits per heavy atom. The Morgan fingerprint density at radius 1 is 1.47 bits per heavy atom. The molecule has 0 amide bonds. The van der Waals surface area contributed by atoms with Crippen LogP contribution < -0.4 is 5.32 Å². The number of hydrogen-bond acceptors (Lipinski definition) is 2. The Morgan fingerprint density at radius 3 is 2.84 bits per heavy atom. The van der Waals surface area contributed by atoms with Gasteiger partial charge >= 0.3 is 0 Å². The van der Waals surface area contributed by atoms with Crippen molar-refractivity contribution in [2.75, 3.05) is 6.54 Å². The molecule has 0 saturated heterocycles. The van der Waals surface area contributed by atoms with Gasteiger partial charge in [0.25, 0.3) is 0 Å². The first kappa shape index (κ1) is 15.1. The molecule has 0 bridgehead atoms. The van der Waals surface area contributed by atoms with E-state index in [9.17, 15) is 4.39 Å². The van der Waals surface area contributed by atoms with Gasteiger partial charge in [0.2, 0.25) is 0 Å². The number of thioether (sulfide) groups is 1. The molecule has 0 spiro atoms. The second kappa shape index (κ2) is 6.47. The number of nitrogens with one attached hydrogen (secondary N) is 1. The quantitative estimate of drug-likeness (QED) is 0.858. The molecular formula is C15H21ClFNS. The number of halogens is 2. The van der Waals surface area contributed by atoms with Gasteiger partial charge in [-0.05, 0) is 30.5 Å². The fourth-order valence-electron chi connectivity index (χ4n) is 2.60. The highest BCUT2D eigenvalue weighted by Gasteiger charge is 2.33. The van der Waals surface area contributed by atoms with Gasteiger partial charge in [-0.1, -0.05) is 38.4 Å². The maximum absolute atomic E-state index is 14.1. The lowest BCUT2D eigenvalue weighted by Crippen LogP contribution is -2.37. The molecule has 2 atom stereocenters. The van der Waals surface area contributed by atoms with Gasteiger partial charge < -0.3 is 5.32 Å². The lowest BCUT2D eigenvalue weighted by Gasteiger charge is -2.36. The van der Waals surface area contributed by atoms with E-state index in [1.165, 1.54) is 0 Å². The molecule has 1 nitrogen and oxygen atoms in total. The molecule has 1 aliphatic rings. The van der Waals surface area contributed by atoms with Crippen LogP contribution in [0, 0.1) is 11.7 Å². The van der Waals surface area contributed by atoms with Crippen molar-refractivity contribution < 1.29 is 4.39 Å². The second-order valence-electron chi connectivity index (χ2n) is 5.38. The SMILES string of the molecule is CCCNC1c2ccc(Cl)c(F)c2CSC1C(C)C. The lowest BCUT2D eigenvalue weighted by molar-refractivity contribution is 0.435. The topological polar surface area (TPSA) is 12.0 Å². The minimum atomic E-state index is -0.239. The standard InChI is InChI=1S/C15H21ClFNS/c1-4-7-18-14-10-5-6-12(16)13(17)11(10)8-19-15(14)9(2)3/h5-6,9,14-15,18H,4,7-8H2,1-3H3. The van der Waals surface area contributed by atoms with Crippen molar-refractivity contribution in [3.63, 3.8) is 0 Å². The molecule has 0 aromatic heterocycles. The maximum atomic E-state index is 14.1. The Labute approximate surface area is 124 Å². The van der Waals surface area contributed by atoms with Crippen molar-refractivity contribution in [1.29, 1.82) is 0 Å². The number of rotatable bonds is 4. The Balaban J connectivity index is 2.38. The predicted molar refractivity (Wildman–Crippen MR) is 82.4 cm³/mol. The van der Waals surface area contributed by atoms with Crippen LogP contribution in [0.25, 0.3) is 0 Å². The molecule has 0 radical (unpaired) electrons. The molecule has 1 aromatic rings. The van der Waals surface area contributed by atoms with E-state index in [0.29, 0.717) is 11.2 Å². The second-order valence-corrected chi connectivity index (χ2v) is 6.95. The van der Waals surface area contributed by atoms with Crippen LogP contribution in [0.4, 0.5) is 4.39 Å². The minimum Gasteiger partial charge on any atom is -0.309 e. The van der Waals surface area contributed by atoms with Crippen molar-refractivity contribution >= 4 is 23.4 Å². The number of hydrogen-bond donors (Lipinski definition) is 1. The largest absolute Gasteiger partial charge is 0.309 e. The fourth-order valence-corrected chi connectivity index (χ4v) is 4.25. The van der Waals surface area contributed by atoms with E-state index in [1.807, 2.05) is 17.8 Å². The van der Waals surface area contributed by atoms with Gasteiger partial charge in [-0.25, -0.2) is 4.39 Å². The summed E-state index contributed by atoms with van der Waals surface area (Å²) in [7, 11) is 0. The van der Waals surface area contributed by atoms with Crippen molar-refractivity contribution in [3.05, 3.63) is 34.1 Å². The third-order valence-electron chi connectivity index (χ3n) is 3.59. The van der Waals surface area contributed by atoms with Crippen LogP contribution in [-0.2, 0) is 5.75 Å². The van der Waals surface area contributed by atoms with Crippen molar-refractivity contribution in [3.8, 4) is 0 Å². The number of benzene rings is 1. The van der Waals surface area contributed by atoms with Crippen LogP contribution in [0.5, 0.6) is 0 Å². The highest BCUT2D eigenvalue weighted by Crippen LogP contribution is 2.43. The van der Waals surface area contributed by atoms with E-state index in [4.69, 9.17) is 11.6 Å². The van der Waals surface area contributed by atoms with Crippen molar-refractivity contribution in [1.82, 2.24) is 5.32 Å². The first-order chi connectivity index (χ1) is 9.06. The van der Waals surface area contributed by atoms with Gasteiger partial charge in [-0.3, -0.25) is 0 Å². The Kier molecular flexibility index (Phi) is 5.15. The molecule has 2 unspecified atom stereocenters. The van der Waals surface area contributed by atoms with Gasteiger partial charge in [0.05, 0.1) is 5.02 Å². The molecular weight excluding hydrogens is 281 g/mol. The predicted octanol–water partition coefficient (Wildman–Crippen LogP) is 4.79. The van der Waals surface area contributed by atoms with Gasteiger partial charge in [-0.15, -0.1) is 0 Å². The summed E-state index contributed by atoms with van der Waals surface area (Å²) >= 11 is 7.73. The first-order valence-corrected chi connectivity index (χ1v) is 8.30. The molecule has 1 aliphatic heterocycles. The third kappa shape index (κ3) is 3.09. The molecule has 106 valence electrons. The minimum absolute atomic E-state index is 0.223. The highest BCUT2D eigenvalue weighted by atomic mass is 35.5. The normalized spacial score (nSPS) is 22.6. The summed E-state index contributed by atoms with van der Waals surface area (Å²) in [6, 6.07) is 3.90. The van der Waals surface area contributed by atoms with Crippen LogP contribution in [-0.4, -0.2) is 11.8 Å².